The van der Waals surface area contributed by atoms with Gasteiger partial charge in [-0.05, 0) is 12.1 Å². The van der Waals surface area contributed by atoms with Crippen LogP contribution in [-0.2, 0) is 0 Å². The fraction of sp³-hybridized carbons (Fsp3) is 0. The molecule has 0 atom stereocenters. The van der Waals surface area contributed by atoms with E-state index in [1.54, 1.807) is 10.7 Å². The second-order valence-corrected chi connectivity index (χ2v) is 4.20. The third-order valence-electron chi connectivity index (χ3n) is 2.33. The van der Waals surface area contributed by atoms with Gasteiger partial charge in [-0.2, -0.15) is 5.10 Å². The molecule has 3 aromatic rings. The maximum absolute atomic E-state index is 5.86. The first-order chi connectivity index (χ1) is 8.24. The Hall–Kier alpha value is -1.65. The highest BCUT2D eigenvalue weighted by Gasteiger charge is 2.10. The largest absolute Gasteiger partial charge is 0.240 e. The lowest BCUT2D eigenvalue weighted by atomic mass is 10.2. The zero-order valence-electron chi connectivity index (χ0n) is 8.51. The molecule has 0 aliphatic carbocycles. The molecule has 0 saturated heterocycles. The topological polar surface area (TPSA) is 43.1 Å². The van der Waals surface area contributed by atoms with Crippen LogP contribution < -0.4 is 0 Å². The monoisotopic (exact) mass is 264 g/mol. The van der Waals surface area contributed by atoms with Gasteiger partial charge in [0.25, 0.3) is 0 Å². The van der Waals surface area contributed by atoms with E-state index in [-0.39, 0.29) is 0 Å². The molecule has 0 spiro atoms. The quantitative estimate of drug-likeness (QED) is 0.635. The van der Waals surface area contributed by atoms with Crippen molar-refractivity contribution in [1.82, 2.24) is 19.6 Å². The summed E-state index contributed by atoms with van der Waals surface area (Å²) in [6.07, 6.45) is 3.54. The lowest BCUT2D eigenvalue weighted by Gasteiger charge is -1.99. The normalized spacial score (nSPS) is 10.9. The van der Waals surface area contributed by atoms with Gasteiger partial charge in [0.2, 0.25) is 0 Å². The first kappa shape index (κ1) is 10.5. The SMILES string of the molecule is Clc1cc(Cl)nc(-c2cnn3ccccc23)n1. The summed E-state index contributed by atoms with van der Waals surface area (Å²) in [5, 5.41) is 4.84. The number of rotatable bonds is 1. The fourth-order valence-corrected chi connectivity index (χ4v) is 2.04. The first-order valence-electron chi connectivity index (χ1n) is 4.87. The Morgan fingerprint density at radius 3 is 2.59 bits per heavy atom. The van der Waals surface area contributed by atoms with Crippen molar-refractivity contribution in [3.63, 3.8) is 0 Å². The molecule has 4 nitrogen and oxygen atoms in total. The summed E-state index contributed by atoms with van der Waals surface area (Å²) in [5.74, 6) is 0.476. The minimum Gasteiger partial charge on any atom is -0.240 e. The van der Waals surface area contributed by atoms with E-state index in [2.05, 4.69) is 15.1 Å². The number of halogens is 2. The van der Waals surface area contributed by atoms with Crippen LogP contribution in [0.5, 0.6) is 0 Å². The van der Waals surface area contributed by atoms with Crippen LogP contribution in [0.2, 0.25) is 10.3 Å². The Labute approximate surface area is 107 Å². The molecule has 0 aromatic carbocycles. The van der Waals surface area contributed by atoms with Crippen molar-refractivity contribution in [2.45, 2.75) is 0 Å². The number of aromatic nitrogens is 4. The first-order valence-corrected chi connectivity index (χ1v) is 5.62. The smallest absolute Gasteiger partial charge is 0.166 e. The molecule has 3 rings (SSSR count). The van der Waals surface area contributed by atoms with Gasteiger partial charge < -0.3 is 0 Å². The Bertz CT molecular complexity index is 673. The van der Waals surface area contributed by atoms with Crippen molar-refractivity contribution < 1.29 is 0 Å². The number of hydrogen-bond donors (Lipinski definition) is 0. The van der Waals surface area contributed by atoms with Gasteiger partial charge in [-0.15, -0.1) is 0 Å². The van der Waals surface area contributed by atoms with Gasteiger partial charge >= 0.3 is 0 Å². The van der Waals surface area contributed by atoms with Gasteiger partial charge in [-0.25, -0.2) is 14.5 Å². The van der Waals surface area contributed by atoms with Crippen molar-refractivity contribution in [3.8, 4) is 11.4 Å². The average Bonchev–Trinajstić information content (AvgIpc) is 2.71. The summed E-state index contributed by atoms with van der Waals surface area (Å²) < 4.78 is 1.74. The summed E-state index contributed by atoms with van der Waals surface area (Å²) in [7, 11) is 0. The predicted molar refractivity (Wildman–Crippen MR) is 66.2 cm³/mol. The van der Waals surface area contributed by atoms with Crippen LogP contribution in [0, 0.1) is 0 Å². The van der Waals surface area contributed by atoms with E-state index in [4.69, 9.17) is 23.2 Å². The van der Waals surface area contributed by atoms with Crippen LogP contribution in [0.1, 0.15) is 0 Å². The Morgan fingerprint density at radius 1 is 1.06 bits per heavy atom. The Morgan fingerprint density at radius 2 is 1.82 bits per heavy atom. The molecule has 0 aliphatic rings. The summed E-state index contributed by atoms with van der Waals surface area (Å²) >= 11 is 11.7. The molecule has 84 valence electrons. The number of nitrogens with zero attached hydrogens (tertiary/aromatic N) is 4. The van der Waals surface area contributed by atoms with Crippen LogP contribution in [0.15, 0.2) is 36.7 Å². The van der Waals surface area contributed by atoms with Gasteiger partial charge in [0.1, 0.15) is 10.3 Å². The molecule has 0 saturated carbocycles. The van der Waals surface area contributed by atoms with E-state index in [1.807, 2.05) is 24.4 Å². The van der Waals surface area contributed by atoms with Crippen LogP contribution in [0.25, 0.3) is 16.9 Å². The number of pyridine rings is 1. The number of fused-ring (bicyclic) bond motifs is 1. The summed E-state index contributed by atoms with van der Waals surface area (Å²) in [6, 6.07) is 7.25. The maximum Gasteiger partial charge on any atom is 0.166 e. The van der Waals surface area contributed by atoms with Crippen LogP contribution in [0.4, 0.5) is 0 Å². The molecule has 3 aromatic heterocycles. The molecular formula is C11H6Cl2N4. The lowest BCUT2D eigenvalue weighted by molar-refractivity contribution is 0.961. The van der Waals surface area contributed by atoms with Gasteiger partial charge in [-0.3, -0.25) is 0 Å². The third-order valence-corrected chi connectivity index (χ3v) is 2.72. The van der Waals surface area contributed by atoms with Gasteiger partial charge in [0, 0.05) is 12.3 Å². The second kappa shape index (κ2) is 3.98. The van der Waals surface area contributed by atoms with E-state index < -0.39 is 0 Å². The van der Waals surface area contributed by atoms with Crippen molar-refractivity contribution in [1.29, 1.82) is 0 Å². The van der Waals surface area contributed by atoms with Gasteiger partial charge in [0.15, 0.2) is 5.82 Å². The molecule has 0 radical (unpaired) electrons. The zero-order valence-corrected chi connectivity index (χ0v) is 10.0. The zero-order chi connectivity index (χ0) is 11.8. The van der Waals surface area contributed by atoms with Gasteiger partial charge in [0.05, 0.1) is 17.3 Å². The molecule has 3 heterocycles. The Kier molecular flexibility index (Phi) is 2.46. The van der Waals surface area contributed by atoms with E-state index in [1.165, 1.54) is 6.07 Å². The van der Waals surface area contributed by atoms with E-state index in [0.717, 1.165) is 11.1 Å². The standard InChI is InChI=1S/C11H6Cl2N4/c12-9-5-10(13)16-11(15-9)7-6-14-17-4-2-1-3-8(7)17/h1-6H. The van der Waals surface area contributed by atoms with E-state index in [9.17, 15) is 0 Å². The minimum atomic E-state index is 0.315. The van der Waals surface area contributed by atoms with Crippen molar-refractivity contribution >= 4 is 28.7 Å². The molecule has 17 heavy (non-hydrogen) atoms. The van der Waals surface area contributed by atoms with Crippen molar-refractivity contribution in [3.05, 3.63) is 47.0 Å². The van der Waals surface area contributed by atoms with Crippen LogP contribution >= 0.6 is 23.2 Å². The van der Waals surface area contributed by atoms with E-state index >= 15 is 0 Å². The minimum absolute atomic E-state index is 0.315. The van der Waals surface area contributed by atoms with Crippen molar-refractivity contribution in [2.24, 2.45) is 0 Å². The average molecular weight is 265 g/mol. The summed E-state index contributed by atoms with van der Waals surface area (Å²) in [4.78, 5) is 8.29. The van der Waals surface area contributed by atoms with Crippen LogP contribution in [0.3, 0.4) is 0 Å². The fourth-order valence-electron chi connectivity index (χ4n) is 1.62. The molecular weight excluding hydrogens is 259 g/mol. The molecule has 0 unspecified atom stereocenters. The van der Waals surface area contributed by atoms with E-state index in [0.29, 0.717) is 16.1 Å². The second-order valence-electron chi connectivity index (χ2n) is 3.43. The lowest BCUT2D eigenvalue weighted by Crippen LogP contribution is -1.90. The van der Waals surface area contributed by atoms with Gasteiger partial charge in [-0.1, -0.05) is 29.3 Å². The predicted octanol–water partition coefficient (Wildman–Crippen LogP) is 3.10. The molecule has 0 fully saturated rings. The van der Waals surface area contributed by atoms with Crippen molar-refractivity contribution in [2.75, 3.05) is 0 Å². The molecule has 0 aliphatic heterocycles. The Balaban J connectivity index is 2.27. The van der Waals surface area contributed by atoms with Crippen LogP contribution in [-0.4, -0.2) is 19.6 Å². The molecule has 0 bridgehead atoms. The maximum atomic E-state index is 5.86. The highest BCUT2D eigenvalue weighted by molar-refractivity contribution is 6.33. The highest BCUT2D eigenvalue weighted by Crippen LogP contribution is 2.23. The summed E-state index contributed by atoms with van der Waals surface area (Å²) in [6.45, 7) is 0. The number of hydrogen-bond acceptors (Lipinski definition) is 3. The third kappa shape index (κ3) is 1.85. The molecule has 6 heteroatoms. The molecule has 0 amide bonds. The summed E-state index contributed by atoms with van der Waals surface area (Å²) in [5.41, 5.74) is 1.71. The molecule has 0 N–H and O–H groups in total. The highest BCUT2D eigenvalue weighted by atomic mass is 35.5.